The Balaban J connectivity index is 0.00000121. The molecule has 1 aliphatic heterocycles. The lowest BCUT2D eigenvalue weighted by Gasteiger charge is -2.24. The van der Waals surface area contributed by atoms with Gasteiger partial charge in [0, 0.05) is 30.9 Å². The minimum absolute atomic E-state index is 0. The lowest BCUT2D eigenvalue weighted by molar-refractivity contribution is -0.122. The largest absolute Gasteiger partial charge is 0.354 e. The molecule has 4 nitrogen and oxygen atoms in total. The maximum Gasteiger partial charge on any atom is 0.237 e. The molecule has 0 spiro atoms. The molecule has 3 rings (SSSR count). The van der Waals surface area contributed by atoms with E-state index in [2.05, 4.69) is 15.6 Å². The lowest BCUT2D eigenvalue weighted by atomic mass is 9.85. The van der Waals surface area contributed by atoms with E-state index in [4.69, 9.17) is 0 Å². The van der Waals surface area contributed by atoms with Gasteiger partial charge in [0.1, 0.15) is 0 Å². The number of hydrogen-bond donors (Lipinski definition) is 2. The fourth-order valence-electron chi connectivity index (χ4n) is 3.50. The van der Waals surface area contributed by atoms with E-state index in [-0.39, 0.29) is 36.8 Å². The number of hydrogen-bond acceptors (Lipinski definition) is 3. The van der Waals surface area contributed by atoms with E-state index in [1.807, 2.05) is 18.2 Å². The van der Waals surface area contributed by atoms with Crippen molar-refractivity contribution in [3.63, 3.8) is 0 Å². The summed E-state index contributed by atoms with van der Waals surface area (Å²) in [7, 11) is 0. The Kier molecular flexibility index (Phi) is 8.15. The smallest absolute Gasteiger partial charge is 0.237 e. The maximum atomic E-state index is 12.2. The Morgan fingerprint density at radius 3 is 2.82 bits per heavy atom. The minimum atomic E-state index is 0. The van der Waals surface area contributed by atoms with E-state index in [0.717, 1.165) is 24.5 Å². The molecule has 1 aromatic heterocycles. The normalized spacial score (nSPS) is 26.3. The van der Waals surface area contributed by atoms with Gasteiger partial charge >= 0.3 is 0 Å². The minimum Gasteiger partial charge on any atom is -0.354 e. The second-order valence-corrected chi connectivity index (χ2v) is 5.97. The molecule has 2 N–H and O–H groups in total. The van der Waals surface area contributed by atoms with E-state index in [1.165, 1.54) is 25.7 Å². The standard InChI is InChI=1S/C16H23N3O.2ClH/c20-16(18-10-8-13-6-3-4-9-17-13)15-11-12-5-1-2-7-14(12)19-15;;/h3-4,6,9,12,14-15,19H,1-2,5,7-8,10-11H2,(H,18,20);2*1H. The van der Waals surface area contributed by atoms with Gasteiger partial charge in [-0.15, -0.1) is 24.8 Å². The summed E-state index contributed by atoms with van der Waals surface area (Å²) in [4.78, 5) is 16.4. The van der Waals surface area contributed by atoms with Crippen molar-refractivity contribution in [1.29, 1.82) is 0 Å². The van der Waals surface area contributed by atoms with Crippen LogP contribution < -0.4 is 10.6 Å². The fourth-order valence-corrected chi connectivity index (χ4v) is 3.50. The van der Waals surface area contributed by atoms with Crippen LogP contribution in [0.3, 0.4) is 0 Å². The van der Waals surface area contributed by atoms with Gasteiger partial charge < -0.3 is 10.6 Å². The highest BCUT2D eigenvalue weighted by Crippen LogP contribution is 2.33. The number of nitrogens with zero attached hydrogens (tertiary/aromatic N) is 1. The summed E-state index contributed by atoms with van der Waals surface area (Å²) in [6.45, 7) is 0.670. The van der Waals surface area contributed by atoms with E-state index < -0.39 is 0 Å². The maximum absolute atomic E-state index is 12.2. The predicted octanol–water partition coefficient (Wildman–Crippen LogP) is 2.50. The average Bonchev–Trinajstić information content (AvgIpc) is 2.92. The third kappa shape index (κ3) is 4.83. The molecule has 124 valence electrons. The Labute approximate surface area is 144 Å². The molecule has 2 aliphatic rings. The molecule has 2 heterocycles. The van der Waals surface area contributed by atoms with Gasteiger partial charge in [0.25, 0.3) is 0 Å². The van der Waals surface area contributed by atoms with E-state index in [0.29, 0.717) is 12.6 Å². The highest BCUT2D eigenvalue weighted by Gasteiger charge is 2.37. The second-order valence-electron chi connectivity index (χ2n) is 5.97. The van der Waals surface area contributed by atoms with Crippen molar-refractivity contribution in [3.05, 3.63) is 30.1 Å². The number of nitrogens with one attached hydrogen (secondary N) is 2. The predicted molar refractivity (Wildman–Crippen MR) is 92.7 cm³/mol. The summed E-state index contributed by atoms with van der Waals surface area (Å²) in [5.74, 6) is 0.880. The van der Waals surface area contributed by atoms with Crippen molar-refractivity contribution < 1.29 is 4.79 Å². The van der Waals surface area contributed by atoms with Crippen LogP contribution in [0.2, 0.25) is 0 Å². The monoisotopic (exact) mass is 345 g/mol. The van der Waals surface area contributed by atoms with Crippen LogP contribution in [0.25, 0.3) is 0 Å². The van der Waals surface area contributed by atoms with Gasteiger partial charge in [0.15, 0.2) is 0 Å². The Hall–Kier alpha value is -0.840. The van der Waals surface area contributed by atoms with E-state index in [9.17, 15) is 4.79 Å². The van der Waals surface area contributed by atoms with Crippen molar-refractivity contribution in [2.75, 3.05) is 6.54 Å². The lowest BCUT2D eigenvalue weighted by Crippen LogP contribution is -2.43. The number of aromatic nitrogens is 1. The molecule has 1 aromatic rings. The number of halogens is 2. The number of pyridine rings is 1. The van der Waals surface area contributed by atoms with Gasteiger partial charge in [0.05, 0.1) is 6.04 Å². The zero-order valence-electron chi connectivity index (χ0n) is 12.7. The summed E-state index contributed by atoms with van der Waals surface area (Å²) in [6, 6.07) is 6.48. The summed E-state index contributed by atoms with van der Waals surface area (Å²) >= 11 is 0. The Morgan fingerprint density at radius 2 is 2.09 bits per heavy atom. The summed E-state index contributed by atoms with van der Waals surface area (Å²) in [5, 5.41) is 6.56. The van der Waals surface area contributed by atoms with Gasteiger partial charge in [-0.25, -0.2) is 0 Å². The molecule has 1 amide bonds. The zero-order chi connectivity index (χ0) is 13.8. The highest BCUT2D eigenvalue weighted by molar-refractivity contribution is 5.85. The summed E-state index contributed by atoms with van der Waals surface area (Å²) in [5.41, 5.74) is 1.03. The summed E-state index contributed by atoms with van der Waals surface area (Å²) in [6.07, 6.45) is 8.77. The van der Waals surface area contributed by atoms with Gasteiger partial charge in [-0.05, 0) is 37.3 Å². The van der Waals surface area contributed by atoms with Gasteiger partial charge in [-0.2, -0.15) is 0 Å². The molecular weight excluding hydrogens is 321 g/mol. The topological polar surface area (TPSA) is 54.0 Å². The van der Waals surface area contributed by atoms with E-state index in [1.54, 1.807) is 6.20 Å². The molecule has 1 saturated heterocycles. The van der Waals surface area contributed by atoms with Crippen LogP contribution in [0.1, 0.15) is 37.8 Å². The quantitative estimate of drug-likeness (QED) is 0.881. The summed E-state index contributed by atoms with van der Waals surface area (Å²) < 4.78 is 0. The van der Waals surface area contributed by atoms with Crippen molar-refractivity contribution in [1.82, 2.24) is 15.6 Å². The fraction of sp³-hybridized carbons (Fsp3) is 0.625. The van der Waals surface area contributed by atoms with Crippen molar-refractivity contribution in [2.45, 2.75) is 50.6 Å². The molecule has 3 unspecified atom stereocenters. The van der Waals surface area contributed by atoms with Crippen molar-refractivity contribution >= 4 is 30.7 Å². The van der Waals surface area contributed by atoms with E-state index >= 15 is 0 Å². The molecule has 1 saturated carbocycles. The van der Waals surface area contributed by atoms with Gasteiger partial charge in [0.2, 0.25) is 5.91 Å². The third-order valence-corrected chi connectivity index (χ3v) is 4.59. The van der Waals surface area contributed by atoms with Crippen LogP contribution in [0.15, 0.2) is 24.4 Å². The van der Waals surface area contributed by atoms with Crippen molar-refractivity contribution in [2.24, 2.45) is 5.92 Å². The zero-order valence-corrected chi connectivity index (χ0v) is 14.3. The molecule has 6 heteroatoms. The average molecular weight is 346 g/mol. The molecule has 22 heavy (non-hydrogen) atoms. The highest BCUT2D eigenvalue weighted by atomic mass is 35.5. The van der Waals surface area contributed by atoms with Crippen LogP contribution in [0, 0.1) is 5.92 Å². The van der Waals surface area contributed by atoms with Crippen molar-refractivity contribution in [3.8, 4) is 0 Å². The van der Waals surface area contributed by atoms with Crippen LogP contribution in [-0.4, -0.2) is 29.5 Å². The first-order valence-electron chi connectivity index (χ1n) is 7.76. The first kappa shape index (κ1) is 19.2. The molecule has 0 radical (unpaired) electrons. The van der Waals surface area contributed by atoms with Crippen LogP contribution in [-0.2, 0) is 11.2 Å². The number of carbonyl (C=O) groups is 1. The Bertz CT molecular complexity index is 444. The number of amides is 1. The Morgan fingerprint density at radius 1 is 1.27 bits per heavy atom. The molecule has 1 aliphatic carbocycles. The van der Waals surface area contributed by atoms with Crippen LogP contribution >= 0.6 is 24.8 Å². The van der Waals surface area contributed by atoms with Crippen LogP contribution in [0.4, 0.5) is 0 Å². The second kappa shape index (κ2) is 9.33. The third-order valence-electron chi connectivity index (χ3n) is 4.59. The number of fused-ring (bicyclic) bond motifs is 1. The molecule has 2 fully saturated rings. The first-order valence-corrected chi connectivity index (χ1v) is 7.76. The van der Waals surface area contributed by atoms with Crippen LogP contribution in [0.5, 0.6) is 0 Å². The molecule has 0 aromatic carbocycles. The number of carbonyl (C=O) groups excluding carboxylic acids is 1. The molecule has 0 bridgehead atoms. The first-order chi connectivity index (χ1) is 9.83. The van der Waals surface area contributed by atoms with Gasteiger partial charge in [-0.1, -0.05) is 18.9 Å². The number of rotatable bonds is 4. The van der Waals surface area contributed by atoms with Gasteiger partial charge in [-0.3, -0.25) is 9.78 Å². The SMILES string of the molecule is Cl.Cl.O=C(NCCc1ccccn1)C1CC2CCCCC2N1. The molecule has 3 atom stereocenters. The molecular formula is C16H25Cl2N3O.